The van der Waals surface area contributed by atoms with Gasteiger partial charge in [0.2, 0.25) is 0 Å². The zero-order valence-electron chi connectivity index (χ0n) is 15.3. The Labute approximate surface area is 163 Å². The number of anilines is 2. The van der Waals surface area contributed by atoms with Crippen LogP contribution in [0.3, 0.4) is 0 Å². The molecule has 142 valence electrons. The van der Waals surface area contributed by atoms with Crippen LogP contribution in [0.15, 0.2) is 47.4 Å². The lowest BCUT2D eigenvalue weighted by atomic mass is 10.1. The van der Waals surface area contributed by atoms with Crippen LogP contribution in [0.5, 0.6) is 0 Å². The van der Waals surface area contributed by atoms with Gasteiger partial charge in [-0.2, -0.15) is 0 Å². The SMILES string of the molecule is CSc1cccc(NC(=O)c2ccc(N3CCCCCC3)c([N+](=O)[O-])c2)c1. The van der Waals surface area contributed by atoms with Crippen LogP contribution < -0.4 is 10.2 Å². The highest BCUT2D eigenvalue weighted by Gasteiger charge is 2.22. The van der Waals surface area contributed by atoms with Gasteiger partial charge in [-0.25, -0.2) is 0 Å². The maximum absolute atomic E-state index is 12.6. The molecule has 2 aromatic carbocycles. The van der Waals surface area contributed by atoms with Crippen molar-refractivity contribution >= 4 is 34.7 Å². The largest absolute Gasteiger partial charge is 0.366 e. The summed E-state index contributed by atoms with van der Waals surface area (Å²) in [5.41, 5.74) is 1.55. The number of benzene rings is 2. The monoisotopic (exact) mass is 385 g/mol. The molecular formula is C20H23N3O3S. The molecule has 2 aromatic rings. The number of nitro benzene ring substituents is 1. The molecule has 1 amide bonds. The van der Waals surface area contributed by atoms with Crippen molar-refractivity contribution in [3.8, 4) is 0 Å². The van der Waals surface area contributed by atoms with Crippen LogP contribution in [0.1, 0.15) is 36.0 Å². The molecule has 1 N–H and O–H groups in total. The Bertz CT molecular complexity index is 833. The Morgan fingerprint density at radius 1 is 1.11 bits per heavy atom. The van der Waals surface area contributed by atoms with Crippen molar-refractivity contribution in [2.24, 2.45) is 0 Å². The van der Waals surface area contributed by atoms with Gasteiger partial charge >= 0.3 is 0 Å². The first kappa shape index (κ1) is 19.2. The number of thioether (sulfide) groups is 1. The molecule has 27 heavy (non-hydrogen) atoms. The molecule has 1 heterocycles. The normalized spacial score (nSPS) is 14.5. The summed E-state index contributed by atoms with van der Waals surface area (Å²) in [7, 11) is 0. The molecule has 0 aromatic heterocycles. The zero-order valence-corrected chi connectivity index (χ0v) is 16.1. The Hall–Kier alpha value is -2.54. The summed E-state index contributed by atoms with van der Waals surface area (Å²) >= 11 is 1.59. The topological polar surface area (TPSA) is 75.5 Å². The van der Waals surface area contributed by atoms with Crippen molar-refractivity contribution < 1.29 is 9.72 Å². The van der Waals surface area contributed by atoms with Crippen LogP contribution in [0.25, 0.3) is 0 Å². The lowest BCUT2D eigenvalue weighted by molar-refractivity contribution is -0.384. The van der Waals surface area contributed by atoms with Crippen molar-refractivity contribution in [3.63, 3.8) is 0 Å². The molecule has 1 aliphatic heterocycles. The Kier molecular flexibility index (Phi) is 6.34. The average molecular weight is 385 g/mol. The molecule has 7 heteroatoms. The molecule has 1 aliphatic rings. The molecule has 1 fully saturated rings. The smallest absolute Gasteiger partial charge is 0.293 e. The third kappa shape index (κ3) is 4.80. The van der Waals surface area contributed by atoms with Gasteiger partial charge in [-0.1, -0.05) is 18.9 Å². The number of amides is 1. The highest BCUT2D eigenvalue weighted by atomic mass is 32.2. The van der Waals surface area contributed by atoms with Crippen molar-refractivity contribution in [2.45, 2.75) is 30.6 Å². The van der Waals surface area contributed by atoms with Gasteiger partial charge in [0.05, 0.1) is 4.92 Å². The summed E-state index contributed by atoms with van der Waals surface area (Å²) in [5.74, 6) is -0.348. The lowest BCUT2D eigenvalue weighted by Gasteiger charge is -2.22. The van der Waals surface area contributed by atoms with E-state index in [1.54, 1.807) is 30.0 Å². The van der Waals surface area contributed by atoms with Crippen LogP contribution in [-0.2, 0) is 0 Å². The highest BCUT2D eigenvalue weighted by molar-refractivity contribution is 7.98. The van der Waals surface area contributed by atoms with Gasteiger partial charge < -0.3 is 10.2 Å². The summed E-state index contributed by atoms with van der Waals surface area (Å²) < 4.78 is 0. The van der Waals surface area contributed by atoms with Crippen molar-refractivity contribution in [3.05, 3.63) is 58.1 Å². The van der Waals surface area contributed by atoms with E-state index in [4.69, 9.17) is 0 Å². The number of nitrogens with zero attached hydrogens (tertiary/aromatic N) is 2. The number of nitro groups is 1. The molecule has 0 unspecified atom stereocenters. The van der Waals surface area contributed by atoms with Gasteiger partial charge in [0.1, 0.15) is 5.69 Å². The first-order valence-electron chi connectivity index (χ1n) is 9.07. The van der Waals surface area contributed by atoms with Crippen LogP contribution in [-0.4, -0.2) is 30.2 Å². The molecule has 3 rings (SSSR count). The lowest BCUT2D eigenvalue weighted by Crippen LogP contribution is -2.25. The van der Waals surface area contributed by atoms with E-state index in [2.05, 4.69) is 10.2 Å². The van der Waals surface area contributed by atoms with Crippen LogP contribution in [0.4, 0.5) is 17.1 Å². The number of rotatable bonds is 5. The van der Waals surface area contributed by atoms with E-state index in [9.17, 15) is 14.9 Å². The minimum absolute atomic E-state index is 0.0117. The second kappa shape index (κ2) is 8.90. The van der Waals surface area contributed by atoms with E-state index < -0.39 is 4.92 Å². The van der Waals surface area contributed by atoms with E-state index in [-0.39, 0.29) is 17.2 Å². The molecule has 0 atom stereocenters. The fourth-order valence-electron chi connectivity index (χ4n) is 3.29. The number of carbonyl (C=O) groups excluding carboxylic acids is 1. The minimum atomic E-state index is -0.397. The van der Waals surface area contributed by atoms with Gasteiger partial charge in [0.15, 0.2) is 0 Å². The van der Waals surface area contributed by atoms with Crippen molar-refractivity contribution in [1.29, 1.82) is 0 Å². The van der Waals surface area contributed by atoms with Crippen LogP contribution >= 0.6 is 11.8 Å². The average Bonchev–Trinajstić information content (AvgIpc) is 2.97. The maximum Gasteiger partial charge on any atom is 0.293 e. The number of carbonyl (C=O) groups is 1. The molecule has 0 aliphatic carbocycles. The van der Waals surface area contributed by atoms with Crippen molar-refractivity contribution in [2.75, 3.05) is 29.6 Å². The maximum atomic E-state index is 12.6. The summed E-state index contributed by atoms with van der Waals surface area (Å²) in [4.78, 5) is 26.9. The second-order valence-corrected chi connectivity index (χ2v) is 7.43. The Balaban J connectivity index is 1.84. The highest BCUT2D eigenvalue weighted by Crippen LogP contribution is 2.31. The fourth-order valence-corrected chi connectivity index (χ4v) is 3.75. The van der Waals surface area contributed by atoms with Crippen molar-refractivity contribution in [1.82, 2.24) is 0 Å². The van der Waals surface area contributed by atoms with E-state index in [0.29, 0.717) is 11.4 Å². The summed E-state index contributed by atoms with van der Waals surface area (Å²) in [6, 6.07) is 12.3. The quantitative estimate of drug-likeness (QED) is 0.448. The number of nitrogens with one attached hydrogen (secondary N) is 1. The standard InChI is InChI=1S/C20H23N3O3S/c1-27-17-8-6-7-16(14-17)21-20(24)15-9-10-18(19(13-15)23(25)26)22-11-4-2-3-5-12-22/h6-10,13-14H,2-5,11-12H2,1H3,(H,21,24). The molecule has 0 saturated carbocycles. The molecule has 6 nitrogen and oxygen atoms in total. The third-order valence-corrected chi connectivity index (χ3v) is 5.43. The van der Waals surface area contributed by atoms with E-state index in [1.165, 1.54) is 6.07 Å². The Morgan fingerprint density at radius 2 is 1.85 bits per heavy atom. The predicted octanol–water partition coefficient (Wildman–Crippen LogP) is 4.95. The number of hydrogen-bond acceptors (Lipinski definition) is 5. The first-order chi connectivity index (χ1) is 13.1. The summed E-state index contributed by atoms with van der Waals surface area (Å²) in [6.07, 6.45) is 6.34. The predicted molar refractivity (Wildman–Crippen MR) is 110 cm³/mol. The van der Waals surface area contributed by atoms with Gasteiger partial charge in [0, 0.05) is 35.3 Å². The first-order valence-corrected chi connectivity index (χ1v) is 10.3. The summed E-state index contributed by atoms with van der Waals surface area (Å²) in [5, 5.41) is 14.4. The van der Waals surface area contributed by atoms with Gasteiger partial charge in [-0.05, 0) is 49.4 Å². The van der Waals surface area contributed by atoms with Gasteiger partial charge in [-0.3, -0.25) is 14.9 Å². The molecule has 1 saturated heterocycles. The third-order valence-electron chi connectivity index (χ3n) is 4.71. The van der Waals surface area contributed by atoms with E-state index in [0.717, 1.165) is 43.7 Å². The van der Waals surface area contributed by atoms with Gasteiger partial charge in [-0.15, -0.1) is 11.8 Å². The second-order valence-electron chi connectivity index (χ2n) is 6.55. The Morgan fingerprint density at radius 3 is 2.52 bits per heavy atom. The zero-order chi connectivity index (χ0) is 19.2. The molecule has 0 radical (unpaired) electrons. The summed E-state index contributed by atoms with van der Waals surface area (Å²) in [6.45, 7) is 1.63. The fraction of sp³-hybridized carbons (Fsp3) is 0.350. The van der Waals surface area contributed by atoms with Crippen LogP contribution in [0.2, 0.25) is 0 Å². The van der Waals surface area contributed by atoms with Gasteiger partial charge in [0.25, 0.3) is 11.6 Å². The minimum Gasteiger partial charge on any atom is -0.366 e. The van der Waals surface area contributed by atoms with E-state index in [1.807, 2.05) is 24.5 Å². The number of hydrogen-bond donors (Lipinski definition) is 1. The molecule has 0 spiro atoms. The molecule has 0 bridgehead atoms. The van der Waals surface area contributed by atoms with E-state index >= 15 is 0 Å². The van der Waals surface area contributed by atoms with Crippen LogP contribution in [0, 0.1) is 10.1 Å². The molecular weight excluding hydrogens is 362 g/mol.